The van der Waals surface area contributed by atoms with Gasteiger partial charge in [0.25, 0.3) is 0 Å². The van der Waals surface area contributed by atoms with E-state index in [1.54, 1.807) is 0 Å². The molecule has 3 heterocycles. The van der Waals surface area contributed by atoms with Crippen molar-refractivity contribution in [2.24, 2.45) is 11.8 Å². The fraction of sp³-hybridized carbons (Fsp3) is 0.731. The van der Waals surface area contributed by atoms with Gasteiger partial charge in [0.15, 0.2) is 23.9 Å². The third-order valence-corrected chi connectivity index (χ3v) is 14.8. The number of ether oxygens (including phenoxy) is 2. The van der Waals surface area contributed by atoms with Crippen LogP contribution in [0.1, 0.15) is 165 Å². The van der Waals surface area contributed by atoms with Gasteiger partial charge in [-0.3, -0.25) is 0 Å². The van der Waals surface area contributed by atoms with Crippen molar-refractivity contribution in [3.63, 3.8) is 0 Å². The van der Waals surface area contributed by atoms with Crippen LogP contribution in [0.3, 0.4) is 0 Å². The zero-order valence-corrected chi connectivity index (χ0v) is 39.3. The summed E-state index contributed by atoms with van der Waals surface area (Å²) in [6.45, 7) is 31.1. The van der Waals surface area contributed by atoms with Gasteiger partial charge in [-0.05, 0) is 183 Å². The first kappa shape index (κ1) is 45.8. The maximum atomic E-state index is 7.35. The van der Waals surface area contributed by atoms with E-state index in [0.717, 1.165) is 69.5 Å². The first-order valence-corrected chi connectivity index (χ1v) is 24.8. The van der Waals surface area contributed by atoms with Gasteiger partial charge in [-0.2, -0.15) is 0 Å². The normalized spacial score (nSPS) is 21.1. The van der Waals surface area contributed by atoms with Crippen molar-refractivity contribution in [3.8, 4) is 11.5 Å². The molecule has 7 heteroatoms. The average molecular weight is 812 g/mol. The van der Waals surface area contributed by atoms with Crippen LogP contribution in [0.2, 0.25) is 0 Å². The van der Waals surface area contributed by atoms with Gasteiger partial charge in [-0.25, -0.2) is 0 Å². The number of fused-ring (bicyclic) bond motifs is 5. The molecule has 328 valence electrons. The molecular formula is C52H85N5O2+2. The number of benzene rings is 2. The molecule has 6 rings (SSSR count). The predicted molar refractivity (Wildman–Crippen MR) is 248 cm³/mol. The van der Waals surface area contributed by atoms with Crippen molar-refractivity contribution in [2.75, 3.05) is 58.9 Å². The highest BCUT2D eigenvalue weighted by molar-refractivity contribution is 5.84. The molecule has 1 saturated carbocycles. The number of nitrogens with zero attached hydrogens (tertiary/aromatic N) is 5. The van der Waals surface area contributed by atoms with E-state index in [0.29, 0.717) is 18.0 Å². The molecule has 0 aromatic heterocycles. The van der Waals surface area contributed by atoms with Crippen molar-refractivity contribution in [3.05, 3.63) is 57.6 Å². The summed E-state index contributed by atoms with van der Waals surface area (Å²) in [4.78, 5) is 7.74. The maximum Gasteiger partial charge on any atom is 0.704 e. The summed E-state index contributed by atoms with van der Waals surface area (Å²) in [6.07, 6.45) is 23.6. The van der Waals surface area contributed by atoms with Crippen LogP contribution in [-0.4, -0.2) is 113 Å². The highest BCUT2D eigenvalue weighted by Gasteiger charge is 2.76. The number of aryl methyl sites for hydroxylation is 2. The Morgan fingerprint density at radius 2 is 0.932 bits per heavy atom. The smallest absolute Gasteiger partial charge is 0.340 e. The second-order valence-corrected chi connectivity index (χ2v) is 18.7. The van der Waals surface area contributed by atoms with E-state index in [-0.39, 0.29) is 0 Å². The zero-order chi connectivity index (χ0) is 41.9. The van der Waals surface area contributed by atoms with Gasteiger partial charge in [0.1, 0.15) is 0 Å². The minimum Gasteiger partial charge on any atom is -0.340 e. The molecule has 1 aliphatic carbocycles. The van der Waals surface area contributed by atoms with Gasteiger partial charge in [-0.1, -0.05) is 89.0 Å². The summed E-state index contributed by atoms with van der Waals surface area (Å²) in [5.41, 5.74) is 7.82. The molecule has 3 aliphatic heterocycles. The monoisotopic (exact) mass is 812 g/mol. The Morgan fingerprint density at radius 1 is 0.559 bits per heavy atom. The minimum atomic E-state index is -0.982. The summed E-state index contributed by atoms with van der Waals surface area (Å²) in [5, 5.41) is 0. The molecule has 2 aromatic carbocycles. The number of rotatable bonds is 25. The molecule has 0 N–H and O–H groups in total. The van der Waals surface area contributed by atoms with E-state index in [4.69, 9.17) is 9.47 Å². The highest BCUT2D eigenvalue weighted by Crippen LogP contribution is 2.46. The molecule has 0 radical (unpaired) electrons. The standard InChI is InChI=1S/C52H85N5O2/c1-10-17-23-42(24-20-29-53(11-2)12-3)34-44-32-40(8)50-46(36-44)38-56-48-27-18-19-28-49(48)57-39-47-37-45(33-41(9)51(47)59-52(56,57)58-50)35-43(25-21-30-54(13-4)14-5)26-22-31-55(15-6)16-7/h32-33,36-39,42-43,48-49H,10-31,34-35H2,1-9H3/q+2. The van der Waals surface area contributed by atoms with Gasteiger partial charge in [0.05, 0.1) is 11.1 Å². The Balaban J connectivity index is 1.26. The molecule has 1 spiro atoms. The summed E-state index contributed by atoms with van der Waals surface area (Å²) >= 11 is 0. The topological polar surface area (TPSA) is 34.2 Å². The van der Waals surface area contributed by atoms with Crippen molar-refractivity contribution in [2.45, 2.75) is 177 Å². The molecule has 7 nitrogen and oxygen atoms in total. The second-order valence-electron chi connectivity index (χ2n) is 18.7. The van der Waals surface area contributed by atoms with Gasteiger partial charge in [-0.15, -0.1) is 0 Å². The van der Waals surface area contributed by atoms with Crippen LogP contribution in [0.15, 0.2) is 24.3 Å². The second kappa shape index (κ2) is 21.9. The Bertz CT molecular complexity index is 1690. The molecular weight excluding hydrogens is 727 g/mol. The summed E-state index contributed by atoms with van der Waals surface area (Å²) in [7, 11) is 0. The van der Waals surface area contributed by atoms with E-state index < -0.39 is 6.03 Å². The summed E-state index contributed by atoms with van der Waals surface area (Å²) < 4.78 is 19.7. The molecule has 4 atom stereocenters. The van der Waals surface area contributed by atoms with E-state index >= 15 is 0 Å². The lowest BCUT2D eigenvalue weighted by molar-refractivity contribution is -0.866. The van der Waals surface area contributed by atoms with Crippen LogP contribution < -0.4 is 9.47 Å². The highest BCUT2D eigenvalue weighted by atomic mass is 16.7. The Morgan fingerprint density at radius 3 is 1.29 bits per heavy atom. The van der Waals surface area contributed by atoms with E-state index in [1.165, 1.54) is 136 Å². The lowest BCUT2D eigenvalue weighted by atomic mass is 9.88. The Hall–Kier alpha value is -2.74. The maximum absolute atomic E-state index is 7.35. The fourth-order valence-electron chi connectivity index (χ4n) is 11.2. The molecule has 59 heavy (non-hydrogen) atoms. The molecule has 1 saturated heterocycles. The molecule has 0 bridgehead atoms. The number of unbranched alkanes of at least 4 members (excludes halogenated alkanes) is 1. The van der Waals surface area contributed by atoms with Gasteiger partial charge in [0, 0.05) is 12.8 Å². The minimum absolute atomic E-state index is 0.364. The summed E-state index contributed by atoms with van der Waals surface area (Å²) in [5.74, 6) is 3.39. The van der Waals surface area contributed by atoms with E-state index in [2.05, 4.69) is 123 Å². The molecule has 4 aliphatic rings. The van der Waals surface area contributed by atoms with Gasteiger partial charge >= 0.3 is 6.03 Å². The Labute approximate surface area is 361 Å². The number of hydrogen-bond donors (Lipinski definition) is 0. The third kappa shape index (κ3) is 10.8. The molecule has 2 aromatic rings. The van der Waals surface area contributed by atoms with Crippen LogP contribution in [-0.2, 0) is 12.8 Å². The molecule has 4 unspecified atom stereocenters. The predicted octanol–water partition coefficient (Wildman–Crippen LogP) is 10.5. The molecule has 2 fully saturated rings. The lowest BCUT2D eigenvalue weighted by Gasteiger charge is -2.30. The summed E-state index contributed by atoms with van der Waals surface area (Å²) in [6, 6.07) is 9.52. The SMILES string of the molecule is CCCCC(CCCN(CC)CC)Cc1cc(C)c2c(c1)C=[N+]1C3CCCCC3[N+]3=Cc4cc(CC(CCCN(CC)CC)CCCN(CC)CC)cc(C)c4OC13O2. The van der Waals surface area contributed by atoms with Gasteiger partial charge < -0.3 is 24.2 Å². The zero-order valence-electron chi connectivity index (χ0n) is 39.3. The van der Waals surface area contributed by atoms with E-state index in [9.17, 15) is 0 Å². The van der Waals surface area contributed by atoms with Crippen molar-refractivity contribution in [1.82, 2.24) is 14.7 Å². The van der Waals surface area contributed by atoms with E-state index in [1.807, 2.05) is 0 Å². The van der Waals surface area contributed by atoms with Crippen molar-refractivity contribution in [1.29, 1.82) is 0 Å². The van der Waals surface area contributed by atoms with Crippen molar-refractivity contribution < 1.29 is 18.6 Å². The van der Waals surface area contributed by atoms with Gasteiger partial charge in [0.2, 0.25) is 12.1 Å². The number of hydrogen-bond acceptors (Lipinski definition) is 5. The molecule has 0 amide bonds. The van der Waals surface area contributed by atoms with Crippen molar-refractivity contribution >= 4 is 12.4 Å². The lowest BCUT2D eigenvalue weighted by Crippen LogP contribution is -2.60. The van der Waals surface area contributed by atoms with Crippen LogP contribution in [0.4, 0.5) is 0 Å². The van der Waals surface area contributed by atoms with Crippen LogP contribution >= 0.6 is 0 Å². The third-order valence-electron chi connectivity index (χ3n) is 14.8. The van der Waals surface area contributed by atoms with Crippen LogP contribution in [0.5, 0.6) is 11.5 Å². The first-order chi connectivity index (χ1) is 28.7. The Kier molecular flexibility index (Phi) is 17.0. The fourth-order valence-corrected chi connectivity index (χ4v) is 11.2. The largest absolute Gasteiger partial charge is 0.704 e. The average Bonchev–Trinajstić information content (AvgIpc) is 3.52. The quantitative estimate of drug-likeness (QED) is 0.0934. The first-order valence-electron chi connectivity index (χ1n) is 24.8. The van der Waals surface area contributed by atoms with Crippen LogP contribution in [0.25, 0.3) is 0 Å². The van der Waals surface area contributed by atoms with Crippen LogP contribution in [0, 0.1) is 25.7 Å².